The van der Waals surface area contributed by atoms with Crippen LogP contribution < -0.4 is 0 Å². The molecular weight excluding hydrogens is 556 g/mol. The molecule has 2 heterocycles. The summed E-state index contributed by atoms with van der Waals surface area (Å²) in [5.41, 5.74) is 13.7. The largest absolute Gasteiger partial charge is 0.354 e. The fourth-order valence-corrected chi connectivity index (χ4v) is 8.27. The quantitative estimate of drug-likeness (QED) is 0.209. The number of hydrogen-bond acceptors (Lipinski definition) is 0. The van der Waals surface area contributed by atoms with Crippen molar-refractivity contribution >= 4 is 65.2 Å². The molecule has 0 atom stereocenters. The molecule has 8 aromatic carbocycles. The zero-order chi connectivity index (χ0) is 29.9. The zero-order valence-electron chi connectivity index (χ0n) is 24.9. The molecular formula is C44H26N2. The second kappa shape index (κ2) is 8.74. The summed E-state index contributed by atoms with van der Waals surface area (Å²) >= 11 is 0. The van der Waals surface area contributed by atoms with Gasteiger partial charge in [-0.1, -0.05) is 103 Å². The van der Waals surface area contributed by atoms with E-state index in [-0.39, 0.29) is 0 Å². The van der Waals surface area contributed by atoms with Crippen LogP contribution in [-0.4, -0.2) is 9.55 Å². The Bertz CT molecular complexity index is 2900. The van der Waals surface area contributed by atoms with Crippen LogP contribution in [0.1, 0.15) is 0 Å². The fraction of sp³-hybridized carbons (Fsp3) is 0. The van der Waals surface area contributed by atoms with Gasteiger partial charge in [0.05, 0.1) is 11.0 Å². The van der Waals surface area contributed by atoms with E-state index < -0.39 is 0 Å². The maximum Gasteiger partial charge on any atom is 0.0553 e. The summed E-state index contributed by atoms with van der Waals surface area (Å²) in [5, 5.41) is 10.4. The van der Waals surface area contributed by atoms with E-state index in [0.717, 1.165) is 0 Å². The van der Waals surface area contributed by atoms with Crippen molar-refractivity contribution in [3.8, 4) is 39.1 Å². The summed E-state index contributed by atoms with van der Waals surface area (Å²) in [6.45, 7) is 0. The first-order valence-electron chi connectivity index (χ1n) is 15.9. The third-order valence-corrected chi connectivity index (χ3v) is 10.2. The first-order chi connectivity index (χ1) is 22.8. The van der Waals surface area contributed by atoms with Gasteiger partial charge in [0.1, 0.15) is 0 Å². The molecule has 212 valence electrons. The minimum Gasteiger partial charge on any atom is -0.354 e. The summed E-state index contributed by atoms with van der Waals surface area (Å²) in [7, 11) is 0. The van der Waals surface area contributed by atoms with E-state index in [1.165, 1.54) is 104 Å². The average Bonchev–Trinajstić information content (AvgIpc) is 3.77. The van der Waals surface area contributed by atoms with Crippen molar-refractivity contribution in [1.82, 2.24) is 9.55 Å². The molecule has 0 saturated heterocycles. The van der Waals surface area contributed by atoms with Crippen LogP contribution in [0.15, 0.2) is 152 Å². The van der Waals surface area contributed by atoms with Crippen LogP contribution in [0.2, 0.25) is 0 Å². The summed E-state index contributed by atoms with van der Waals surface area (Å²) in [4.78, 5) is 3.66. The molecule has 0 radical (unpaired) electrons. The van der Waals surface area contributed by atoms with Crippen LogP contribution in [0.4, 0.5) is 0 Å². The standard InChI is InChI=1S/C44H26N2/c1-2-10-29(11-3-1)46-40-22-19-28(27-18-20-38-36(23-27)43-30-12-5-4-9-26(30)17-21-39(43)45-38)24-37(40)44-34-16-8-15-33-31-13-6-7-14-32(31)35(42(33)34)25-41(44)46/h1-25,45H. The molecule has 10 aromatic rings. The molecule has 0 bridgehead atoms. The maximum atomic E-state index is 3.66. The molecule has 0 aliphatic heterocycles. The van der Waals surface area contributed by atoms with Gasteiger partial charge in [0.15, 0.2) is 0 Å². The van der Waals surface area contributed by atoms with Gasteiger partial charge in [0.2, 0.25) is 0 Å². The number of para-hydroxylation sites is 1. The predicted molar refractivity (Wildman–Crippen MR) is 195 cm³/mol. The van der Waals surface area contributed by atoms with E-state index in [0.29, 0.717) is 0 Å². The second-order valence-electron chi connectivity index (χ2n) is 12.6. The minimum absolute atomic E-state index is 1.17. The highest BCUT2D eigenvalue weighted by atomic mass is 15.0. The molecule has 2 heteroatoms. The van der Waals surface area contributed by atoms with Crippen molar-refractivity contribution in [2.75, 3.05) is 0 Å². The van der Waals surface area contributed by atoms with Gasteiger partial charge in [0, 0.05) is 38.3 Å². The molecule has 1 N–H and O–H groups in total. The van der Waals surface area contributed by atoms with Gasteiger partial charge in [-0.15, -0.1) is 0 Å². The highest BCUT2D eigenvalue weighted by Crippen LogP contribution is 2.51. The summed E-state index contributed by atoms with van der Waals surface area (Å²) in [5.74, 6) is 0. The molecule has 0 spiro atoms. The van der Waals surface area contributed by atoms with E-state index >= 15 is 0 Å². The zero-order valence-corrected chi connectivity index (χ0v) is 24.9. The first kappa shape index (κ1) is 24.2. The number of fused-ring (bicyclic) bond motifs is 12. The number of aromatic amines is 1. The minimum atomic E-state index is 1.17. The van der Waals surface area contributed by atoms with Gasteiger partial charge in [-0.2, -0.15) is 0 Å². The number of rotatable bonds is 2. The highest BCUT2D eigenvalue weighted by Gasteiger charge is 2.25. The van der Waals surface area contributed by atoms with E-state index in [4.69, 9.17) is 0 Å². The third-order valence-electron chi connectivity index (χ3n) is 10.2. The van der Waals surface area contributed by atoms with Crippen molar-refractivity contribution in [3.63, 3.8) is 0 Å². The van der Waals surface area contributed by atoms with Crippen LogP contribution >= 0.6 is 0 Å². The highest BCUT2D eigenvalue weighted by molar-refractivity contribution is 6.29. The topological polar surface area (TPSA) is 20.7 Å². The molecule has 2 aromatic heterocycles. The summed E-state index contributed by atoms with van der Waals surface area (Å²) in [6, 6.07) is 55.9. The number of nitrogens with one attached hydrogen (secondary N) is 1. The van der Waals surface area contributed by atoms with Gasteiger partial charge < -0.3 is 9.55 Å². The van der Waals surface area contributed by atoms with E-state index in [9.17, 15) is 0 Å². The molecule has 0 amide bonds. The van der Waals surface area contributed by atoms with Crippen molar-refractivity contribution in [2.45, 2.75) is 0 Å². The Morgan fingerprint density at radius 3 is 1.96 bits per heavy atom. The van der Waals surface area contributed by atoms with Gasteiger partial charge in [-0.05, 0) is 103 Å². The van der Waals surface area contributed by atoms with Crippen molar-refractivity contribution in [2.24, 2.45) is 0 Å². The van der Waals surface area contributed by atoms with E-state index in [2.05, 4.69) is 161 Å². The van der Waals surface area contributed by atoms with Gasteiger partial charge in [-0.25, -0.2) is 0 Å². The van der Waals surface area contributed by atoms with Crippen LogP contribution in [0.25, 0.3) is 104 Å². The van der Waals surface area contributed by atoms with Gasteiger partial charge in [0.25, 0.3) is 0 Å². The average molecular weight is 583 g/mol. The number of H-pyrrole nitrogens is 1. The third kappa shape index (κ3) is 3.10. The Kier molecular flexibility index (Phi) is 4.61. The molecule has 11 rings (SSSR count). The van der Waals surface area contributed by atoms with Gasteiger partial charge in [-0.3, -0.25) is 0 Å². The molecule has 0 saturated carbocycles. The molecule has 1 aliphatic carbocycles. The Labute approximate surface area is 264 Å². The second-order valence-corrected chi connectivity index (χ2v) is 12.6. The number of hydrogen-bond donors (Lipinski definition) is 1. The Hall–Kier alpha value is -6.12. The maximum absolute atomic E-state index is 3.66. The van der Waals surface area contributed by atoms with Crippen LogP contribution in [-0.2, 0) is 0 Å². The lowest BCUT2D eigenvalue weighted by Crippen LogP contribution is -1.93. The predicted octanol–water partition coefficient (Wildman–Crippen LogP) is 12.0. The summed E-state index contributed by atoms with van der Waals surface area (Å²) in [6.07, 6.45) is 0. The van der Waals surface area contributed by atoms with Crippen molar-refractivity contribution < 1.29 is 0 Å². The monoisotopic (exact) mass is 582 g/mol. The van der Waals surface area contributed by atoms with Crippen LogP contribution in [0.5, 0.6) is 0 Å². The number of nitrogens with zero attached hydrogens (tertiary/aromatic N) is 1. The van der Waals surface area contributed by atoms with Gasteiger partial charge >= 0.3 is 0 Å². The fourth-order valence-electron chi connectivity index (χ4n) is 8.27. The number of aromatic nitrogens is 2. The first-order valence-corrected chi connectivity index (χ1v) is 15.9. The van der Waals surface area contributed by atoms with Crippen molar-refractivity contribution in [1.29, 1.82) is 0 Å². The smallest absolute Gasteiger partial charge is 0.0553 e. The lowest BCUT2D eigenvalue weighted by Gasteiger charge is -2.10. The molecule has 0 unspecified atom stereocenters. The normalized spacial score (nSPS) is 12.3. The Morgan fingerprint density at radius 2 is 1.07 bits per heavy atom. The Balaban J connectivity index is 1.23. The lowest BCUT2D eigenvalue weighted by molar-refractivity contribution is 1.18. The van der Waals surface area contributed by atoms with E-state index in [1.54, 1.807) is 0 Å². The lowest BCUT2D eigenvalue weighted by atomic mass is 9.96. The Morgan fingerprint density at radius 1 is 0.370 bits per heavy atom. The van der Waals surface area contributed by atoms with Crippen LogP contribution in [0, 0.1) is 0 Å². The van der Waals surface area contributed by atoms with E-state index in [1.807, 2.05) is 0 Å². The molecule has 0 fully saturated rings. The van der Waals surface area contributed by atoms with Crippen LogP contribution in [0.3, 0.4) is 0 Å². The van der Waals surface area contributed by atoms with Crippen molar-refractivity contribution in [3.05, 3.63) is 152 Å². The molecule has 2 nitrogen and oxygen atoms in total. The molecule has 1 aliphatic rings. The molecule has 46 heavy (non-hydrogen) atoms. The number of benzene rings is 8. The SMILES string of the molecule is c1ccc(-n2c3ccc(-c4ccc5[nH]c6ccc7ccccc7c6c5c4)cc3c3c4cccc5c4c(cc32)-c2ccccc2-5)cc1. The summed E-state index contributed by atoms with van der Waals surface area (Å²) < 4.78 is 2.45.